The van der Waals surface area contributed by atoms with Gasteiger partial charge in [0.05, 0.1) is 36.5 Å². The fourth-order valence-electron chi connectivity index (χ4n) is 4.37. The van der Waals surface area contributed by atoms with Gasteiger partial charge in [0.2, 0.25) is 5.43 Å². The summed E-state index contributed by atoms with van der Waals surface area (Å²) in [6, 6.07) is 19.0. The summed E-state index contributed by atoms with van der Waals surface area (Å²) in [5, 5.41) is 0.529. The number of anilines is 1. The first kappa shape index (κ1) is 22.0. The number of hydrogen-bond acceptors (Lipinski definition) is 5. The predicted octanol–water partition coefficient (Wildman–Crippen LogP) is 4.13. The summed E-state index contributed by atoms with van der Waals surface area (Å²) in [5.41, 5.74) is 4.23. The van der Waals surface area contributed by atoms with Gasteiger partial charge in [-0.1, -0.05) is 30.3 Å². The molecule has 1 aliphatic rings. The first-order chi connectivity index (χ1) is 16.5. The van der Waals surface area contributed by atoms with E-state index < -0.39 is 0 Å². The van der Waals surface area contributed by atoms with E-state index in [1.54, 1.807) is 18.3 Å². The Bertz CT molecular complexity index is 1430. The van der Waals surface area contributed by atoms with E-state index in [1.807, 2.05) is 66.9 Å². The highest BCUT2D eigenvalue weighted by Crippen LogP contribution is 2.19. The van der Waals surface area contributed by atoms with Gasteiger partial charge in [-0.3, -0.25) is 9.59 Å². The third-order valence-electron chi connectivity index (χ3n) is 6.46. The largest absolute Gasteiger partial charge is 0.378 e. The second kappa shape index (κ2) is 9.23. The summed E-state index contributed by atoms with van der Waals surface area (Å²) in [7, 11) is 0. The zero-order chi connectivity index (χ0) is 23.7. The first-order valence-electron chi connectivity index (χ1n) is 11.5. The quantitative estimate of drug-likeness (QED) is 0.425. The lowest BCUT2D eigenvalue weighted by molar-refractivity contribution is 0.103. The SMILES string of the molecule is Cc1ccc(C(=O)c2cn(Cc3cccc(N4CCOCC4)n3)c3ccccc3c2=O)cc1C. The van der Waals surface area contributed by atoms with E-state index in [4.69, 9.17) is 9.72 Å². The Kier molecular flexibility index (Phi) is 5.99. The maximum atomic E-state index is 13.4. The summed E-state index contributed by atoms with van der Waals surface area (Å²) in [6.07, 6.45) is 1.69. The van der Waals surface area contributed by atoms with Gasteiger partial charge in [-0.05, 0) is 55.3 Å². The number of nitrogens with zero attached hydrogens (tertiary/aromatic N) is 3. The monoisotopic (exact) mass is 453 g/mol. The molecule has 6 heteroatoms. The molecule has 0 bridgehead atoms. The van der Waals surface area contributed by atoms with Crippen LogP contribution in [0.15, 0.2) is 71.7 Å². The Balaban J connectivity index is 1.56. The second-order valence-corrected chi connectivity index (χ2v) is 8.73. The fourth-order valence-corrected chi connectivity index (χ4v) is 4.37. The summed E-state index contributed by atoms with van der Waals surface area (Å²) in [4.78, 5) is 33.8. The van der Waals surface area contributed by atoms with Gasteiger partial charge in [0, 0.05) is 30.2 Å². The normalized spacial score (nSPS) is 13.9. The van der Waals surface area contributed by atoms with Gasteiger partial charge >= 0.3 is 0 Å². The van der Waals surface area contributed by atoms with Crippen molar-refractivity contribution in [2.24, 2.45) is 0 Å². The Morgan fingerprint density at radius 2 is 1.76 bits per heavy atom. The lowest BCUT2D eigenvalue weighted by Crippen LogP contribution is -2.36. The smallest absolute Gasteiger partial charge is 0.200 e. The highest BCUT2D eigenvalue weighted by atomic mass is 16.5. The van der Waals surface area contributed by atoms with E-state index in [2.05, 4.69) is 4.90 Å². The molecule has 2 aromatic carbocycles. The van der Waals surface area contributed by atoms with Gasteiger partial charge in [0.15, 0.2) is 5.78 Å². The molecule has 172 valence electrons. The van der Waals surface area contributed by atoms with Crippen molar-refractivity contribution in [3.63, 3.8) is 0 Å². The Morgan fingerprint density at radius 1 is 0.971 bits per heavy atom. The molecule has 3 heterocycles. The van der Waals surface area contributed by atoms with Crippen molar-refractivity contribution in [3.8, 4) is 0 Å². The van der Waals surface area contributed by atoms with Crippen LogP contribution in [-0.4, -0.2) is 41.6 Å². The van der Waals surface area contributed by atoms with Crippen molar-refractivity contribution in [1.82, 2.24) is 9.55 Å². The summed E-state index contributed by atoms with van der Waals surface area (Å²) >= 11 is 0. The number of fused-ring (bicyclic) bond motifs is 1. The summed E-state index contributed by atoms with van der Waals surface area (Å²) in [5.74, 6) is 0.653. The molecule has 0 radical (unpaired) electrons. The van der Waals surface area contributed by atoms with Crippen molar-refractivity contribution in [2.45, 2.75) is 20.4 Å². The van der Waals surface area contributed by atoms with Crippen molar-refractivity contribution < 1.29 is 9.53 Å². The zero-order valence-corrected chi connectivity index (χ0v) is 19.5. The minimum atomic E-state index is -0.261. The average molecular weight is 454 g/mol. The topological polar surface area (TPSA) is 64.4 Å². The zero-order valence-electron chi connectivity index (χ0n) is 19.5. The van der Waals surface area contributed by atoms with Crippen molar-refractivity contribution in [2.75, 3.05) is 31.2 Å². The highest BCUT2D eigenvalue weighted by molar-refractivity contribution is 6.10. The average Bonchev–Trinajstić information content (AvgIpc) is 2.88. The Morgan fingerprint density at radius 3 is 2.56 bits per heavy atom. The molecule has 34 heavy (non-hydrogen) atoms. The van der Waals surface area contributed by atoms with Crippen molar-refractivity contribution >= 4 is 22.5 Å². The Hall–Kier alpha value is -3.77. The number of ketones is 1. The number of carbonyl (C=O) groups excluding carboxylic acids is 1. The molecular formula is C28H27N3O3. The van der Waals surface area contributed by atoms with Gasteiger partial charge in [-0.2, -0.15) is 0 Å². The minimum absolute atomic E-state index is 0.172. The molecule has 6 nitrogen and oxygen atoms in total. The maximum Gasteiger partial charge on any atom is 0.200 e. The van der Waals surface area contributed by atoms with E-state index in [0.717, 1.165) is 41.2 Å². The predicted molar refractivity (Wildman–Crippen MR) is 134 cm³/mol. The third-order valence-corrected chi connectivity index (χ3v) is 6.46. The molecule has 4 aromatic rings. The molecular weight excluding hydrogens is 426 g/mol. The van der Waals surface area contributed by atoms with Crippen LogP contribution in [0.4, 0.5) is 5.82 Å². The van der Waals surface area contributed by atoms with E-state index >= 15 is 0 Å². The van der Waals surface area contributed by atoms with Gasteiger partial charge in [0.25, 0.3) is 0 Å². The molecule has 1 saturated heterocycles. The molecule has 0 N–H and O–H groups in total. The van der Waals surface area contributed by atoms with Crippen LogP contribution < -0.4 is 10.3 Å². The third kappa shape index (κ3) is 4.24. The molecule has 0 saturated carbocycles. The van der Waals surface area contributed by atoms with Crippen LogP contribution >= 0.6 is 0 Å². The van der Waals surface area contributed by atoms with Crippen LogP contribution in [0.2, 0.25) is 0 Å². The molecule has 1 aliphatic heterocycles. The molecule has 0 unspecified atom stereocenters. The molecule has 0 amide bonds. The Labute approximate surface area is 198 Å². The molecule has 2 aromatic heterocycles. The molecule has 0 spiro atoms. The molecule has 1 fully saturated rings. The van der Waals surface area contributed by atoms with Gasteiger partial charge in [-0.25, -0.2) is 4.98 Å². The van der Waals surface area contributed by atoms with Crippen LogP contribution in [0.3, 0.4) is 0 Å². The second-order valence-electron chi connectivity index (χ2n) is 8.73. The number of aromatic nitrogens is 2. The highest BCUT2D eigenvalue weighted by Gasteiger charge is 2.18. The molecule has 0 atom stereocenters. The standard InChI is InChI=1S/C28H27N3O3/c1-19-10-11-21(16-20(19)2)27(32)24-18-31(25-8-4-3-7-23(25)28(24)33)17-22-6-5-9-26(29-22)30-12-14-34-15-13-30/h3-11,16,18H,12-15,17H2,1-2H3. The minimum Gasteiger partial charge on any atom is -0.378 e. The number of ether oxygens (including phenoxy) is 1. The number of morpholine rings is 1. The van der Waals surface area contributed by atoms with Gasteiger partial charge in [-0.15, -0.1) is 0 Å². The first-order valence-corrected chi connectivity index (χ1v) is 11.5. The lowest BCUT2D eigenvalue weighted by Gasteiger charge is -2.28. The van der Waals surface area contributed by atoms with Crippen LogP contribution in [0.25, 0.3) is 10.9 Å². The van der Waals surface area contributed by atoms with Crippen molar-refractivity contribution in [1.29, 1.82) is 0 Å². The van der Waals surface area contributed by atoms with Crippen molar-refractivity contribution in [3.05, 3.63) is 105 Å². The fraction of sp³-hybridized carbons (Fsp3) is 0.250. The van der Waals surface area contributed by atoms with Crippen LogP contribution in [0, 0.1) is 13.8 Å². The number of aryl methyl sites for hydroxylation is 2. The number of pyridine rings is 2. The van der Waals surface area contributed by atoms with E-state index in [1.165, 1.54) is 0 Å². The van der Waals surface area contributed by atoms with Crippen LogP contribution in [0.5, 0.6) is 0 Å². The number of carbonyl (C=O) groups is 1. The van der Waals surface area contributed by atoms with Crippen LogP contribution in [-0.2, 0) is 11.3 Å². The number of hydrogen-bond donors (Lipinski definition) is 0. The molecule has 0 aliphatic carbocycles. The lowest BCUT2D eigenvalue weighted by atomic mass is 9.99. The van der Waals surface area contributed by atoms with E-state index in [-0.39, 0.29) is 16.8 Å². The van der Waals surface area contributed by atoms with Gasteiger partial charge in [0.1, 0.15) is 5.82 Å². The number of rotatable bonds is 5. The number of para-hydroxylation sites is 1. The number of benzene rings is 2. The summed E-state index contributed by atoms with van der Waals surface area (Å²) in [6.45, 7) is 7.44. The summed E-state index contributed by atoms with van der Waals surface area (Å²) < 4.78 is 7.41. The van der Waals surface area contributed by atoms with Crippen LogP contribution in [0.1, 0.15) is 32.7 Å². The van der Waals surface area contributed by atoms with E-state index in [9.17, 15) is 9.59 Å². The maximum absolute atomic E-state index is 13.4. The van der Waals surface area contributed by atoms with E-state index in [0.29, 0.717) is 30.7 Å². The van der Waals surface area contributed by atoms with Gasteiger partial charge < -0.3 is 14.2 Å². The molecule has 5 rings (SSSR count).